The van der Waals surface area contributed by atoms with Gasteiger partial charge in [-0.1, -0.05) is 12.1 Å². The minimum Gasteiger partial charge on any atom is -0.454 e. The third-order valence-corrected chi connectivity index (χ3v) is 3.06. The van der Waals surface area contributed by atoms with Crippen molar-refractivity contribution in [3.05, 3.63) is 23.8 Å². The smallest absolute Gasteiger partial charge is 0.408 e. The molecule has 0 unspecified atom stereocenters. The minimum absolute atomic E-state index is 0.177. The standard InChI is InChI=1S/C16H22N2O5/c1-10(18-15(20)23-16(2,3)4)14(19)17-8-11-6-5-7-12-13(11)22-9-21-12/h5-7,10H,8-9H2,1-4H3,(H,17,19)(H,18,20)/t10-/m1/s1. The van der Waals surface area contributed by atoms with Gasteiger partial charge in [0.25, 0.3) is 0 Å². The lowest BCUT2D eigenvalue weighted by Gasteiger charge is -2.21. The summed E-state index contributed by atoms with van der Waals surface area (Å²) < 4.78 is 15.8. The van der Waals surface area contributed by atoms with Gasteiger partial charge in [-0.2, -0.15) is 0 Å². The van der Waals surface area contributed by atoms with Crippen LogP contribution < -0.4 is 20.1 Å². The van der Waals surface area contributed by atoms with Crippen LogP contribution in [0.1, 0.15) is 33.3 Å². The Kier molecular flexibility index (Phi) is 4.98. The van der Waals surface area contributed by atoms with Gasteiger partial charge in [0.2, 0.25) is 12.7 Å². The Balaban J connectivity index is 1.85. The first-order valence-electron chi connectivity index (χ1n) is 7.41. The summed E-state index contributed by atoms with van der Waals surface area (Å²) in [6, 6.07) is 4.77. The van der Waals surface area contributed by atoms with Crippen molar-refractivity contribution in [2.24, 2.45) is 0 Å². The van der Waals surface area contributed by atoms with Gasteiger partial charge < -0.3 is 24.8 Å². The van der Waals surface area contributed by atoms with Crippen molar-refractivity contribution in [1.29, 1.82) is 0 Å². The lowest BCUT2D eigenvalue weighted by atomic mass is 10.2. The van der Waals surface area contributed by atoms with Crippen molar-refractivity contribution in [1.82, 2.24) is 10.6 Å². The highest BCUT2D eigenvalue weighted by atomic mass is 16.7. The van der Waals surface area contributed by atoms with Crippen molar-refractivity contribution < 1.29 is 23.8 Å². The fourth-order valence-corrected chi connectivity index (χ4v) is 2.02. The number of rotatable bonds is 4. The lowest BCUT2D eigenvalue weighted by Crippen LogP contribution is -2.46. The average Bonchev–Trinajstić information content (AvgIpc) is 2.91. The van der Waals surface area contributed by atoms with E-state index < -0.39 is 17.7 Å². The molecule has 1 atom stereocenters. The molecule has 0 aromatic heterocycles. The molecule has 2 N–H and O–H groups in total. The van der Waals surface area contributed by atoms with E-state index in [-0.39, 0.29) is 19.2 Å². The van der Waals surface area contributed by atoms with Crippen molar-refractivity contribution in [3.8, 4) is 11.5 Å². The third-order valence-electron chi connectivity index (χ3n) is 3.06. The van der Waals surface area contributed by atoms with E-state index in [1.54, 1.807) is 33.8 Å². The zero-order valence-electron chi connectivity index (χ0n) is 13.8. The predicted molar refractivity (Wildman–Crippen MR) is 83.2 cm³/mol. The summed E-state index contributed by atoms with van der Waals surface area (Å²) in [6.45, 7) is 7.33. The largest absolute Gasteiger partial charge is 0.454 e. The van der Waals surface area contributed by atoms with Gasteiger partial charge in [0.15, 0.2) is 11.5 Å². The lowest BCUT2D eigenvalue weighted by molar-refractivity contribution is -0.122. The Bertz CT molecular complexity index is 595. The third kappa shape index (κ3) is 4.77. The van der Waals surface area contributed by atoms with Gasteiger partial charge >= 0.3 is 6.09 Å². The number of fused-ring (bicyclic) bond motifs is 1. The van der Waals surface area contributed by atoms with Crippen LogP contribution >= 0.6 is 0 Å². The quantitative estimate of drug-likeness (QED) is 0.885. The van der Waals surface area contributed by atoms with Crippen LogP contribution in [0.4, 0.5) is 4.79 Å². The Morgan fingerprint density at radius 2 is 2.04 bits per heavy atom. The molecule has 2 rings (SSSR count). The highest BCUT2D eigenvalue weighted by Gasteiger charge is 2.22. The summed E-state index contributed by atoms with van der Waals surface area (Å²) >= 11 is 0. The number of carbonyl (C=O) groups is 2. The molecule has 0 aliphatic carbocycles. The number of para-hydroxylation sites is 1. The molecular formula is C16H22N2O5. The topological polar surface area (TPSA) is 85.9 Å². The van der Waals surface area contributed by atoms with Crippen molar-refractivity contribution in [2.75, 3.05) is 6.79 Å². The van der Waals surface area contributed by atoms with E-state index in [2.05, 4.69) is 10.6 Å². The Hall–Kier alpha value is -2.44. The number of amides is 2. The molecule has 2 amide bonds. The Labute approximate surface area is 135 Å². The van der Waals surface area contributed by atoms with E-state index in [4.69, 9.17) is 14.2 Å². The maximum absolute atomic E-state index is 12.1. The maximum atomic E-state index is 12.1. The van der Waals surface area contributed by atoms with Crippen LogP contribution in [0.3, 0.4) is 0 Å². The summed E-state index contributed by atoms with van der Waals surface area (Å²) in [5.41, 5.74) is 0.209. The molecule has 1 aromatic rings. The van der Waals surface area contributed by atoms with E-state index in [1.165, 1.54) is 0 Å². The van der Waals surface area contributed by atoms with Crippen LogP contribution in [0, 0.1) is 0 Å². The second-order valence-corrected chi connectivity index (χ2v) is 6.24. The summed E-state index contributed by atoms with van der Waals surface area (Å²) in [5, 5.41) is 5.25. The summed E-state index contributed by atoms with van der Waals surface area (Å²) in [4.78, 5) is 23.7. The second-order valence-electron chi connectivity index (χ2n) is 6.24. The van der Waals surface area contributed by atoms with Gasteiger partial charge in [0, 0.05) is 12.1 Å². The molecule has 1 aliphatic rings. The number of carbonyl (C=O) groups excluding carboxylic acids is 2. The first kappa shape index (κ1) is 16.9. The highest BCUT2D eigenvalue weighted by Crippen LogP contribution is 2.35. The summed E-state index contributed by atoms with van der Waals surface area (Å²) in [7, 11) is 0. The van der Waals surface area contributed by atoms with Crippen LogP contribution in [0.25, 0.3) is 0 Å². The maximum Gasteiger partial charge on any atom is 0.408 e. The van der Waals surface area contributed by atoms with Gasteiger partial charge in [-0.15, -0.1) is 0 Å². The Morgan fingerprint density at radius 1 is 1.30 bits per heavy atom. The van der Waals surface area contributed by atoms with Crippen LogP contribution in [-0.4, -0.2) is 30.4 Å². The molecule has 0 saturated heterocycles. The normalized spacial score (nSPS) is 14.1. The van der Waals surface area contributed by atoms with E-state index >= 15 is 0 Å². The molecule has 1 aromatic carbocycles. The van der Waals surface area contributed by atoms with E-state index in [9.17, 15) is 9.59 Å². The monoisotopic (exact) mass is 322 g/mol. The average molecular weight is 322 g/mol. The molecule has 7 nitrogen and oxygen atoms in total. The first-order valence-corrected chi connectivity index (χ1v) is 7.41. The number of hydrogen-bond acceptors (Lipinski definition) is 5. The van der Waals surface area contributed by atoms with Gasteiger partial charge in [-0.3, -0.25) is 4.79 Å². The fourth-order valence-electron chi connectivity index (χ4n) is 2.02. The van der Waals surface area contributed by atoms with E-state index in [0.29, 0.717) is 11.5 Å². The number of alkyl carbamates (subject to hydrolysis) is 1. The zero-order valence-corrected chi connectivity index (χ0v) is 13.8. The number of benzene rings is 1. The van der Waals surface area contributed by atoms with Crippen molar-refractivity contribution in [3.63, 3.8) is 0 Å². The molecule has 126 valence electrons. The number of ether oxygens (including phenoxy) is 3. The van der Waals surface area contributed by atoms with Crippen LogP contribution in [0.2, 0.25) is 0 Å². The second kappa shape index (κ2) is 6.76. The van der Waals surface area contributed by atoms with Crippen molar-refractivity contribution in [2.45, 2.75) is 45.9 Å². The van der Waals surface area contributed by atoms with Gasteiger partial charge in [-0.05, 0) is 33.8 Å². The molecule has 1 aliphatic heterocycles. The van der Waals surface area contributed by atoms with Gasteiger partial charge in [0.05, 0.1) is 0 Å². The van der Waals surface area contributed by atoms with Crippen LogP contribution in [-0.2, 0) is 16.1 Å². The number of hydrogen-bond donors (Lipinski definition) is 2. The van der Waals surface area contributed by atoms with Gasteiger partial charge in [-0.25, -0.2) is 4.79 Å². The zero-order chi connectivity index (χ0) is 17.0. The minimum atomic E-state index is -0.709. The molecule has 0 bridgehead atoms. The summed E-state index contributed by atoms with van der Waals surface area (Å²) in [5.74, 6) is 0.990. The van der Waals surface area contributed by atoms with Crippen LogP contribution in [0.5, 0.6) is 11.5 Å². The number of nitrogens with one attached hydrogen (secondary N) is 2. The molecule has 7 heteroatoms. The Morgan fingerprint density at radius 3 is 2.74 bits per heavy atom. The predicted octanol–water partition coefficient (Wildman–Crippen LogP) is 1.94. The molecule has 0 spiro atoms. The molecule has 23 heavy (non-hydrogen) atoms. The van der Waals surface area contributed by atoms with Crippen molar-refractivity contribution >= 4 is 12.0 Å². The molecular weight excluding hydrogens is 300 g/mol. The summed E-state index contributed by atoms with van der Waals surface area (Å²) in [6.07, 6.45) is -0.627. The van der Waals surface area contributed by atoms with Crippen LogP contribution in [0.15, 0.2) is 18.2 Å². The van der Waals surface area contributed by atoms with E-state index in [1.807, 2.05) is 12.1 Å². The highest BCUT2D eigenvalue weighted by molar-refractivity contribution is 5.85. The molecule has 0 radical (unpaired) electrons. The SMILES string of the molecule is C[C@@H](NC(=O)OC(C)(C)C)C(=O)NCc1cccc2c1OCO2. The molecule has 0 fully saturated rings. The first-order chi connectivity index (χ1) is 10.8. The van der Waals surface area contributed by atoms with Gasteiger partial charge in [0.1, 0.15) is 11.6 Å². The molecule has 0 saturated carbocycles. The fraction of sp³-hybridized carbons (Fsp3) is 0.500. The molecule has 1 heterocycles. The van der Waals surface area contributed by atoms with E-state index in [0.717, 1.165) is 5.56 Å².